The summed E-state index contributed by atoms with van der Waals surface area (Å²) in [6.45, 7) is 1.75. The second kappa shape index (κ2) is 4.16. The van der Waals surface area contributed by atoms with Crippen LogP contribution in [0.4, 0.5) is 0 Å². The van der Waals surface area contributed by atoms with Crippen LogP contribution >= 0.6 is 15.9 Å². The first-order valence-corrected chi connectivity index (χ1v) is 4.26. The van der Waals surface area contributed by atoms with Crippen LogP contribution in [0, 0.1) is 0 Å². The first kappa shape index (κ1) is 9.13. The fraction of sp³-hybridized carbons (Fsp3) is 0.111. The molecule has 0 aliphatic heterocycles. The molecule has 2 nitrogen and oxygen atoms in total. The first-order valence-electron chi connectivity index (χ1n) is 3.47. The number of aromatic nitrogens is 1. The van der Waals surface area contributed by atoms with Crippen LogP contribution in [0.5, 0.6) is 0 Å². The molecule has 0 spiro atoms. The summed E-state index contributed by atoms with van der Waals surface area (Å²) >= 11 is 3.28. The van der Waals surface area contributed by atoms with Gasteiger partial charge in [0.2, 0.25) is 0 Å². The molecule has 0 saturated carbocycles. The van der Waals surface area contributed by atoms with Crippen molar-refractivity contribution < 1.29 is 4.79 Å². The van der Waals surface area contributed by atoms with Crippen LogP contribution in [0.15, 0.2) is 28.4 Å². The average molecular weight is 226 g/mol. The molecule has 0 N–H and O–H groups in total. The Labute approximate surface area is 79.5 Å². The predicted octanol–water partition coefficient (Wildman–Crippen LogP) is 2.45. The van der Waals surface area contributed by atoms with E-state index in [-0.39, 0.29) is 0 Å². The van der Waals surface area contributed by atoms with Crippen molar-refractivity contribution in [3.8, 4) is 0 Å². The van der Waals surface area contributed by atoms with Gasteiger partial charge in [0.05, 0.1) is 5.69 Å². The van der Waals surface area contributed by atoms with Gasteiger partial charge in [-0.05, 0) is 46.6 Å². The zero-order chi connectivity index (χ0) is 8.97. The SMILES string of the molecule is C/C(C=O)=C/c1ccc(Br)cn1. The summed E-state index contributed by atoms with van der Waals surface area (Å²) in [5.74, 6) is 0. The van der Waals surface area contributed by atoms with Crippen LogP contribution in [0.3, 0.4) is 0 Å². The minimum Gasteiger partial charge on any atom is -0.298 e. The summed E-state index contributed by atoms with van der Waals surface area (Å²) in [6, 6.07) is 3.73. The third-order valence-electron chi connectivity index (χ3n) is 1.31. The zero-order valence-corrected chi connectivity index (χ0v) is 8.21. The van der Waals surface area contributed by atoms with Gasteiger partial charge in [-0.25, -0.2) is 0 Å². The lowest BCUT2D eigenvalue weighted by molar-refractivity contribution is -0.104. The van der Waals surface area contributed by atoms with E-state index in [1.807, 2.05) is 12.1 Å². The van der Waals surface area contributed by atoms with Gasteiger partial charge < -0.3 is 0 Å². The van der Waals surface area contributed by atoms with E-state index in [1.165, 1.54) is 0 Å². The lowest BCUT2D eigenvalue weighted by Gasteiger charge is -1.92. The van der Waals surface area contributed by atoms with Crippen LogP contribution in [-0.2, 0) is 4.79 Å². The van der Waals surface area contributed by atoms with Gasteiger partial charge in [0.1, 0.15) is 6.29 Å². The molecule has 62 valence electrons. The summed E-state index contributed by atoms with van der Waals surface area (Å²) in [5.41, 5.74) is 1.47. The molecule has 0 aliphatic rings. The van der Waals surface area contributed by atoms with Gasteiger partial charge in [0.25, 0.3) is 0 Å². The maximum Gasteiger partial charge on any atom is 0.145 e. The van der Waals surface area contributed by atoms with E-state index >= 15 is 0 Å². The van der Waals surface area contributed by atoms with Crippen molar-refractivity contribution in [2.45, 2.75) is 6.92 Å². The Morgan fingerprint density at radius 3 is 2.83 bits per heavy atom. The fourth-order valence-electron chi connectivity index (χ4n) is 0.740. The standard InChI is InChI=1S/C9H8BrNO/c1-7(6-12)4-9-3-2-8(10)5-11-9/h2-6H,1H3/b7-4-. The maximum atomic E-state index is 10.3. The van der Waals surface area contributed by atoms with Crippen molar-refractivity contribution in [3.05, 3.63) is 34.1 Å². The summed E-state index contributed by atoms with van der Waals surface area (Å²) < 4.78 is 0.934. The summed E-state index contributed by atoms with van der Waals surface area (Å²) in [5, 5.41) is 0. The first-order chi connectivity index (χ1) is 5.72. The molecular formula is C9H8BrNO. The van der Waals surface area contributed by atoms with Crippen molar-refractivity contribution in [3.63, 3.8) is 0 Å². The number of carbonyl (C=O) groups excluding carboxylic acids is 1. The quantitative estimate of drug-likeness (QED) is 0.572. The number of halogens is 1. The molecule has 0 bridgehead atoms. The van der Waals surface area contributed by atoms with Crippen molar-refractivity contribution in [2.75, 3.05) is 0 Å². The Hall–Kier alpha value is -0.960. The molecule has 1 heterocycles. The number of aldehydes is 1. The Kier molecular flexibility index (Phi) is 3.17. The molecule has 1 rings (SSSR count). The fourth-order valence-corrected chi connectivity index (χ4v) is 0.974. The molecule has 0 atom stereocenters. The van der Waals surface area contributed by atoms with Gasteiger partial charge >= 0.3 is 0 Å². The third kappa shape index (κ3) is 2.58. The lowest BCUT2D eigenvalue weighted by Crippen LogP contribution is -1.82. The Bertz CT molecular complexity index is 303. The van der Waals surface area contributed by atoms with E-state index in [9.17, 15) is 4.79 Å². The number of carbonyl (C=O) groups is 1. The van der Waals surface area contributed by atoms with Crippen molar-refractivity contribution >= 4 is 28.3 Å². The van der Waals surface area contributed by atoms with E-state index in [1.54, 1.807) is 19.2 Å². The Balaban J connectivity index is 2.91. The second-order valence-electron chi connectivity index (χ2n) is 2.41. The summed E-state index contributed by atoms with van der Waals surface area (Å²) in [4.78, 5) is 14.4. The number of rotatable bonds is 2. The largest absolute Gasteiger partial charge is 0.298 e. The summed E-state index contributed by atoms with van der Waals surface area (Å²) in [7, 11) is 0. The number of pyridine rings is 1. The van der Waals surface area contributed by atoms with Crippen molar-refractivity contribution in [2.24, 2.45) is 0 Å². The molecule has 0 amide bonds. The molecule has 0 radical (unpaired) electrons. The molecular weight excluding hydrogens is 218 g/mol. The van der Waals surface area contributed by atoms with Gasteiger partial charge in [-0.15, -0.1) is 0 Å². The van der Waals surface area contributed by atoms with E-state index in [4.69, 9.17) is 0 Å². The lowest BCUT2D eigenvalue weighted by atomic mass is 10.2. The average Bonchev–Trinajstić information content (AvgIpc) is 2.09. The van der Waals surface area contributed by atoms with E-state index in [0.29, 0.717) is 5.57 Å². The van der Waals surface area contributed by atoms with Gasteiger partial charge in [0, 0.05) is 10.7 Å². The molecule has 1 aromatic rings. The van der Waals surface area contributed by atoms with Crippen molar-refractivity contribution in [1.29, 1.82) is 0 Å². The molecule has 0 aromatic carbocycles. The number of nitrogens with zero attached hydrogens (tertiary/aromatic N) is 1. The highest BCUT2D eigenvalue weighted by molar-refractivity contribution is 9.10. The van der Waals surface area contributed by atoms with Crippen LogP contribution in [0.1, 0.15) is 12.6 Å². The van der Waals surface area contributed by atoms with Gasteiger partial charge in [-0.3, -0.25) is 9.78 Å². The maximum absolute atomic E-state index is 10.3. The van der Waals surface area contributed by atoms with Gasteiger partial charge in [-0.1, -0.05) is 0 Å². The molecule has 0 unspecified atom stereocenters. The molecule has 0 fully saturated rings. The van der Waals surface area contributed by atoms with Gasteiger partial charge in [0.15, 0.2) is 0 Å². The Morgan fingerprint density at radius 2 is 2.33 bits per heavy atom. The van der Waals surface area contributed by atoms with Crippen LogP contribution in [-0.4, -0.2) is 11.3 Å². The summed E-state index contributed by atoms with van der Waals surface area (Å²) in [6.07, 6.45) is 4.24. The normalized spacial score (nSPS) is 11.3. The van der Waals surface area contributed by atoms with E-state index < -0.39 is 0 Å². The predicted molar refractivity (Wildman–Crippen MR) is 51.7 cm³/mol. The molecule has 12 heavy (non-hydrogen) atoms. The topological polar surface area (TPSA) is 30.0 Å². The number of hydrogen-bond donors (Lipinski definition) is 0. The van der Waals surface area contributed by atoms with Crippen LogP contribution < -0.4 is 0 Å². The zero-order valence-electron chi connectivity index (χ0n) is 6.62. The molecule has 0 saturated heterocycles. The molecule has 1 aromatic heterocycles. The monoisotopic (exact) mass is 225 g/mol. The van der Waals surface area contributed by atoms with E-state index in [2.05, 4.69) is 20.9 Å². The van der Waals surface area contributed by atoms with Crippen LogP contribution in [0.2, 0.25) is 0 Å². The highest BCUT2D eigenvalue weighted by atomic mass is 79.9. The van der Waals surface area contributed by atoms with E-state index in [0.717, 1.165) is 16.5 Å². The minimum atomic E-state index is 0.671. The van der Waals surface area contributed by atoms with Gasteiger partial charge in [-0.2, -0.15) is 0 Å². The third-order valence-corrected chi connectivity index (χ3v) is 1.78. The van der Waals surface area contributed by atoms with Crippen molar-refractivity contribution in [1.82, 2.24) is 4.98 Å². The van der Waals surface area contributed by atoms with Crippen LogP contribution in [0.25, 0.3) is 6.08 Å². The molecule has 3 heteroatoms. The second-order valence-corrected chi connectivity index (χ2v) is 3.32. The number of hydrogen-bond acceptors (Lipinski definition) is 2. The number of allylic oxidation sites excluding steroid dienone is 1. The Morgan fingerprint density at radius 1 is 1.58 bits per heavy atom. The smallest absolute Gasteiger partial charge is 0.145 e. The molecule has 0 aliphatic carbocycles. The minimum absolute atomic E-state index is 0.671. The highest BCUT2D eigenvalue weighted by Gasteiger charge is 1.90. The highest BCUT2D eigenvalue weighted by Crippen LogP contribution is 2.09.